The van der Waals surface area contributed by atoms with Crippen LogP contribution in [0.2, 0.25) is 0 Å². The topological polar surface area (TPSA) is 58.4 Å². The van der Waals surface area contributed by atoms with E-state index in [4.69, 9.17) is 0 Å². The molecule has 0 bridgehead atoms. The molecule has 0 aliphatic carbocycles. The minimum atomic E-state index is -0.382. The van der Waals surface area contributed by atoms with E-state index in [1.807, 2.05) is 0 Å². The highest BCUT2D eigenvalue weighted by Gasteiger charge is 2.16. The summed E-state index contributed by atoms with van der Waals surface area (Å²) >= 11 is 3.38. The van der Waals surface area contributed by atoms with Gasteiger partial charge < -0.3 is 10.2 Å². The number of nitro benzene ring substituents is 1. The number of rotatable bonds is 5. The van der Waals surface area contributed by atoms with Crippen molar-refractivity contribution in [3.8, 4) is 0 Å². The van der Waals surface area contributed by atoms with Crippen molar-refractivity contribution < 1.29 is 4.92 Å². The maximum Gasteiger partial charge on any atom is 0.270 e. The first kappa shape index (κ1) is 15.3. The van der Waals surface area contributed by atoms with Gasteiger partial charge in [-0.05, 0) is 67.3 Å². The van der Waals surface area contributed by atoms with Crippen LogP contribution in [0, 0.1) is 16.0 Å². The molecule has 1 heterocycles. The van der Waals surface area contributed by atoms with Crippen LogP contribution in [0.25, 0.3) is 0 Å². The third kappa shape index (κ3) is 4.18. The number of hydrogen-bond donors (Lipinski definition) is 1. The number of benzene rings is 1. The van der Waals surface area contributed by atoms with Crippen LogP contribution < -0.4 is 5.32 Å². The molecule has 1 fully saturated rings. The highest BCUT2D eigenvalue weighted by molar-refractivity contribution is 9.10. The quantitative estimate of drug-likeness (QED) is 0.657. The molecule has 0 atom stereocenters. The minimum absolute atomic E-state index is 0.109. The van der Waals surface area contributed by atoms with Crippen molar-refractivity contribution >= 4 is 27.3 Å². The van der Waals surface area contributed by atoms with Gasteiger partial charge >= 0.3 is 0 Å². The summed E-state index contributed by atoms with van der Waals surface area (Å²) in [7, 11) is 2.17. The molecule has 6 heteroatoms. The zero-order valence-electron chi connectivity index (χ0n) is 11.6. The van der Waals surface area contributed by atoms with Crippen molar-refractivity contribution in [2.75, 3.05) is 32.0 Å². The van der Waals surface area contributed by atoms with Crippen LogP contribution >= 0.6 is 15.9 Å². The van der Waals surface area contributed by atoms with Crippen molar-refractivity contribution in [1.29, 1.82) is 0 Å². The molecule has 0 radical (unpaired) electrons. The van der Waals surface area contributed by atoms with Crippen LogP contribution in [0.1, 0.15) is 19.3 Å². The van der Waals surface area contributed by atoms with E-state index in [1.54, 1.807) is 6.07 Å². The average molecular weight is 342 g/mol. The van der Waals surface area contributed by atoms with Gasteiger partial charge in [-0.3, -0.25) is 10.1 Å². The molecule has 1 aromatic carbocycles. The zero-order chi connectivity index (χ0) is 14.5. The molecule has 0 amide bonds. The normalized spacial score (nSPS) is 17.1. The lowest BCUT2D eigenvalue weighted by molar-refractivity contribution is -0.384. The SMILES string of the molecule is CN1CCC(CCNc2ccc([N+](=O)[O-])cc2Br)CC1. The number of nitrogens with zero attached hydrogens (tertiary/aromatic N) is 2. The van der Waals surface area contributed by atoms with Gasteiger partial charge in [0.1, 0.15) is 0 Å². The van der Waals surface area contributed by atoms with Gasteiger partial charge in [0, 0.05) is 28.8 Å². The van der Waals surface area contributed by atoms with Gasteiger partial charge in [-0.15, -0.1) is 0 Å². The first-order chi connectivity index (χ1) is 9.56. The summed E-state index contributed by atoms with van der Waals surface area (Å²) < 4.78 is 0.745. The van der Waals surface area contributed by atoms with Gasteiger partial charge in [-0.1, -0.05) is 0 Å². The second-order valence-electron chi connectivity index (χ2n) is 5.38. The molecule has 0 unspecified atom stereocenters. The van der Waals surface area contributed by atoms with E-state index in [9.17, 15) is 10.1 Å². The Morgan fingerprint density at radius 2 is 2.15 bits per heavy atom. The lowest BCUT2D eigenvalue weighted by atomic mass is 9.94. The van der Waals surface area contributed by atoms with Crippen LogP contribution in [0.4, 0.5) is 11.4 Å². The van der Waals surface area contributed by atoms with Gasteiger partial charge in [0.05, 0.1) is 4.92 Å². The largest absolute Gasteiger partial charge is 0.384 e. The summed E-state index contributed by atoms with van der Waals surface area (Å²) in [5.74, 6) is 0.788. The number of non-ortho nitro benzene ring substituents is 1. The number of halogens is 1. The molecular formula is C14H20BrN3O2. The Morgan fingerprint density at radius 3 is 2.75 bits per heavy atom. The Hall–Kier alpha value is -1.14. The first-order valence-corrected chi connectivity index (χ1v) is 7.72. The standard InChI is InChI=1S/C14H20BrN3O2/c1-17-8-5-11(6-9-17)4-7-16-14-3-2-12(18(19)20)10-13(14)15/h2-3,10-11,16H,4-9H2,1H3. The number of nitrogens with one attached hydrogen (secondary N) is 1. The van der Waals surface area contributed by atoms with Gasteiger partial charge in [0.2, 0.25) is 0 Å². The van der Waals surface area contributed by atoms with E-state index in [2.05, 4.69) is 33.2 Å². The van der Waals surface area contributed by atoms with Gasteiger partial charge in [0.15, 0.2) is 0 Å². The van der Waals surface area contributed by atoms with E-state index >= 15 is 0 Å². The fourth-order valence-corrected chi connectivity index (χ4v) is 3.03. The summed E-state index contributed by atoms with van der Waals surface area (Å²) in [6.45, 7) is 3.28. The molecule has 2 rings (SSSR count). The molecule has 1 N–H and O–H groups in total. The highest BCUT2D eigenvalue weighted by Crippen LogP contribution is 2.27. The number of hydrogen-bond acceptors (Lipinski definition) is 4. The molecule has 1 aromatic rings. The Balaban J connectivity index is 1.81. The van der Waals surface area contributed by atoms with E-state index in [0.717, 1.165) is 29.0 Å². The van der Waals surface area contributed by atoms with Gasteiger partial charge in [-0.2, -0.15) is 0 Å². The number of anilines is 1. The average Bonchev–Trinajstić information content (AvgIpc) is 2.42. The zero-order valence-corrected chi connectivity index (χ0v) is 13.2. The molecule has 1 aliphatic rings. The molecule has 5 nitrogen and oxygen atoms in total. The third-order valence-corrected chi connectivity index (χ3v) is 4.53. The van der Waals surface area contributed by atoms with Crippen LogP contribution in [-0.2, 0) is 0 Å². The molecule has 110 valence electrons. The second-order valence-corrected chi connectivity index (χ2v) is 6.24. The second kappa shape index (κ2) is 7.04. The summed E-state index contributed by atoms with van der Waals surface area (Å²) in [5, 5.41) is 14.0. The van der Waals surface area contributed by atoms with Crippen molar-refractivity contribution in [2.24, 2.45) is 5.92 Å². The fraction of sp³-hybridized carbons (Fsp3) is 0.571. The van der Waals surface area contributed by atoms with Crippen molar-refractivity contribution in [1.82, 2.24) is 4.90 Å². The maximum absolute atomic E-state index is 10.7. The Bertz CT molecular complexity index is 473. The fourth-order valence-electron chi connectivity index (χ4n) is 2.52. The molecule has 0 aromatic heterocycles. The Morgan fingerprint density at radius 1 is 1.45 bits per heavy atom. The van der Waals surface area contributed by atoms with Gasteiger partial charge in [-0.25, -0.2) is 0 Å². The van der Waals surface area contributed by atoms with Crippen molar-refractivity contribution in [3.05, 3.63) is 32.8 Å². The highest BCUT2D eigenvalue weighted by atomic mass is 79.9. The predicted molar refractivity (Wildman–Crippen MR) is 84.1 cm³/mol. The summed E-state index contributed by atoms with van der Waals surface area (Å²) in [4.78, 5) is 12.7. The number of nitro groups is 1. The third-order valence-electron chi connectivity index (χ3n) is 3.87. The minimum Gasteiger partial charge on any atom is -0.384 e. The Labute approximate surface area is 127 Å². The van der Waals surface area contributed by atoms with Gasteiger partial charge in [0.25, 0.3) is 5.69 Å². The lowest BCUT2D eigenvalue weighted by Gasteiger charge is -2.29. The van der Waals surface area contributed by atoms with E-state index in [-0.39, 0.29) is 10.6 Å². The predicted octanol–water partition coefficient (Wildman–Crippen LogP) is 3.50. The molecule has 20 heavy (non-hydrogen) atoms. The summed E-state index contributed by atoms with van der Waals surface area (Å²) in [6.07, 6.45) is 3.68. The molecular weight excluding hydrogens is 322 g/mol. The van der Waals surface area contributed by atoms with Crippen LogP contribution in [0.15, 0.2) is 22.7 Å². The summed E-state index contributed by atoms with van der Waals surface area (Å²) in [5.41, 5.74) is 1.03. The van der Waals surface area contributed by atoms with Crippen LogP contribution in [0.5, 0.6) is 0 Å². The molecule has 0 saturated carbocycles. The van der Waals surface area contributed by atoms with Crippen LogP contribution in [-0.4, -0.2) is 36.5 Å². The van der Waals surface area contributed by atoms with Crippen LogP contribution in [0.3, 0.4) is 0 Å². The van der Waals surface area contributed by atoms with E-state index in [0.29, 0.717) is 0 Å². The number of likely N-dealkylation sites (tertiary alicyclic amines) is 1. The first-order valence-electron chi connectivity index (χ1n) is 6.92. The monoisotopic (exact) mass is 341 g/mol. The maximum atomic E-state index is 10.7. The van der Waals surface area contributed by atoms with Crippen molar-refractivity contribution in [2.45, 2.75) is 19.3 Å². The number of piperidine rings is 1. The van der Waals surface area contributed by atoms with E-state index in [1.165, 1.54) is 38.1 Å². The molecule has 1 saturated heterocycles. The van der Waals surface area contributed by atoms with E-state index < -0.39 is 0 Å². The van der Waals surface area contributed by atoms with Crippen molar-refractivity contribution in [3.63, 3.8) is 0 Å². The Kier molecular flexibility index (Phi) is 5.37. The molecule has 0 spiro atoms. The smallest absolute Gasteiger partial charge is 0.270 e. The summed E-state index contributed by atoms with van der Waals surface area (Å²) in [6, 6.07) is 4.83. The molecule has 1 aliphatic heterocycles. The lowest BCUT2D eigenvalue weighted by Crippen LogP contribution is -2.30.